The molecule has 1 heterocycles. The molecule has 0 atom stereocenters. The van der Waals surface area contributed by atoms with Gasteiger partial charge in [-0.1, -0.05) is 50.3 Å². The molecule has 1 aromatic rings. The van der Waals surface area contributed by atoms with E-state index in [1.54, 1.807) is 0 Å². The fourth-order valence-corrected chi connectivity index (χ4v) is 3.83. The van der Waals surface area contributed by atoms with Gasteiger partial charge in [0.2, 0.25) is 0 Å². The van der Waals surface area contributed by atoms with E-state index in [0.717, 1.165) is 11.1 Å². The summed E-state index contributed by atoms with van der Waals surface area (Å²) in [4.78, 5) is 0. The summed E-state index contributed by atoms with van der Waals surface area (Å²) in [5.74, 6) is 0. The van der Waals surface area contributed by atoms with Crippen molar-refractivity contribution < 1.29 is 13.6 Å². The summed E-state index contributed by atoms with van der Waals surface area (Å²) in [7, 11) is -3.30. The van der Waals surface area contributed by atoms with Crippen LogP contribution in [0.2, 0.25) is 0 Å². The highest BCUT2D eigenvalue weighted by atomic mass is 31.2. The Morgan fingerprint density at radius 3 is 2.26 bits per heavy atom. The van der Waals surface area contributed by atoms with E-state index in [1.165, 1.54) is 0 Å². The topological polar surface area (TPSA) is 35.5 Å². The van der Waals surface area contributed by atoms with Gasteiger partial charge < -0.3 is 9.05 Å². The summed E-state index contributed by atoms with van der Waals surface area (Å²) in [5, 5.41) is 0.419. The summed E-state index contributed by atoms with van der Waals surface area (Å²) >= 11 is 0. The van der Waals surface area contributed by atoms with Crippen molar-refractivity contribution in [3.05, 3.63) is 47.7 Å². The van der Waals surface area contributed by atoms with Gasteiger partial charge in [0.1, 0.15) is 5.31 Å². The molecular weight excluding hydrogens is 259 g/mol. The van der Waals surface area contributed by atoms with Gasteiger partial charge in [-0.2, -0.15) is 0 Å². The van der Waals surface area contributed by atoms with Gasteiger partial charge in [0.15, 0.2) is 0 Å². The lowest BCUT2D eigenvalue weighted by molar-refractivity contribution is 0.0468. The second-order valence-corrected chi connectivity index (χ2v) is 7.56. The Morgan fingerprint density at radius 1 is 1.26 bits per heavy atom. The molecule has 4 heteroatoms. The molecule has 0 aliphatic carbocycles. The van der Waals surface area contributed by atoms with E-state index in [4.69, 9.17) is 9.05 Å². The molecular formula is C15H19O3P. The molecule has 1 aliphatic heterocycles. The van der Waals surface area contributed by atoms with Crippen molar-refractivity contribution in [1.82, 2.24) is 0 Å². The van der Waals surface area contributed by atoms with Crippen LogP contribution in [-0.2, 0) is 13.6 Å². The lowest BCUT2D eigenvalue weighted by Crippen LogP contribution is -2.29. The minimum atomic E-state index is -3.30. The van der Waals surface area contributed by atoms with Gasteiger partial charge >= 0.3 is 7.60 Å². The Balaban J connectivity index is 2.31. The van der Waals surface area contributed by atoms with Crippen molar-refractivity contribution >= 4 is 12.9 Å². The molecule has 1 aromatic carbocycles. The largest absolute Gasteiger partial charge is 0.369 e. The minimum Gasteiger partial charge on any atom is -0.304 e. The Hall–Kier alpha value is -1.11. The normalized spacial score (nSPS) is 20.6. The molecule has 0 unspecified atom stereocenters. The molecule has 0 radical (unpaired) electrons. The van der Waals surface area contributed by atoms with Gasteiger partial charge in [0.05, 0.1) is 13.2 Å². The summed E-state index contributed by atoms with van der Waals surface area (Å²) in [6.45, 7) is 10.5. The predicted octanol–water partition coefficient (Wildman–Crippen LogP) is 4.39. The van der Waals surface area contributed by atoms with Crippen LogP contribution in [0.15, 0.2) is 36.6 Å². The van der Waals surface area contributed by atoms with E-state index >= 15 is 0 Å². The van der Waals surface area contributed by atoms with Crippen LogP contribution in [0.3, 0.4) is 0 Å². The number of aryl methyl sites for hydroxylation is 1. The first kappa shape index (κ1) is 14.3. The zero-order chi connectivity index (χ0) is 14.1. The summed E-state index contributed by atoms with van der Waals surface area (Å²) in [6.07, 6.45) is 0. The molecule has 1 fully saturated rings. The monoisotopic (exact) mass is 278 g/mol. The number of benzene rings is 1. The molecule has 19 heavy (non-hydrogen) atoms. The molecule has 0 bridgehead atoms. The molecule has 102 valence electrons. The molecule has 1 saturated heterocycles. The third-order valence-electron chi connectivity index (χ3n) is 3.02. The van der Waals surface area contributed by atoms with E-state index in [0.29, 0.717) is 18.5 Å². The van der Waals surface area contributed by atoms with Gasteiger partial charge in [-0.05, 0) is 12.5 Å². The number of hydrogen-bond acceptors (Lipinski definition) is 3. The standard InChI is InChI=1S/C15H19O3P/c1-5-14(13-8-6-12(2)7-9-13)19(16)17-10-15(3,4)11-18-19/h6-9H,1,10-11H2,2-4H3. The molecule has 0 spiro atoms. The summed E-state index contributed by atoms with van der Waals surface area (Å²) < 4.78 is 23.8. The van der Waals surface area contributed by atoms with E-state index in [1.807, 2.05) is 45.0 Å². The Morgan fingerprint density at radius 2 is 1.79 bits per heavy atom. The number of rotatable bonds is 2. The highest BCUT2D eigenvalue weighted by Crippen LogP contribution is 2.63. The van der Waals surface area contributed by atoms with Crippen LogP contribution in [0.4, 0.5) is 0 Å². The summed E-state index contributed by atoms with van der Waals surface area (Å²) in [6, 6.07) is 7.67. The molecule has 3 nitrogen and oxygen atoms in total. The average molecular weight is 278 g/mol. The van der Waals surface area contributed by atoms with Gasteiger partial charge in [-0.15, -0.1) is 5.73 Å². The Bertz CT molecular complexity index is 552. The van der Waals surface area contributed by atoms with Crippen molar-refractivity contribution in [2.24, 2.45) is 5.41 Å². The predicted molar refractivity (Wildman–Crippen MR) is 77.0 cm³/mol. The van der Waals surface area contributed by atoms with E-state index in [2.05, 4.69) is 12.3 Å². The maximum Gasteiger partial charge on any atom is 0.369 e. The van der Waals surface area contributed by atoms with Crippen LogP contribution in [-0.4, -0.2) is 13.2 Å². The van der Waals surface area contributed by atoms with Crippen LogP contribution in [0.25, 0.3) is 5.31 Å². The van der Waals surface area contributed by atoms with Gasteiger partial charge in [-0.3, -0.25) is 4.57 Å². The zero-order valence-corrected chi connectivity index (χ0v) is 12.5. The Kier molecular flexibility index (Phi) is 3.85. The first-order valence-corrected chi connectivity index (χ1v) is 7.77. The molecule has 0 aromatic heterocycles. The lowest BCUT2D eigenvalue weighted by Gasteiger charge is -2.34. The molecule has 1 aliphatic rings. The first-order chi connectivity index (χ1) is 8.86. The van der Waals surface area contributed by atoms with Gasteiger partial charge in [0, 0.05) is 5.41 Å². The van der Waals surface area contributed by atoms with Gasteiger partial charge in [0.25, 0.3) is 0 Å². The summed E-state index contributed by atoms with van der Waals surface area (Å²) in [5.41, 5.74) is 4.53. The number of hydrogen-bond donors (Lipinski definition) is 0. The highest BCUT2D eigenvalue weighted by Gasteiger charge is 2.40. The Labute approximate surface area is 114 Å². The third-order valence-corrected chi connectivity index (χ3v) is 4.92. The maximum atomic E-state index is 12.8. The minimum absolute atomic E-state index is 0.118. The fraction of sp³-hybridized carbons (Fsp3) is 0.400. The van der Waals surface area contributed by atoms with Crippen LogP contribution < -0.4 is 0 Å². The van der Waals surface area contributed by atoms with Crippen molar-refractivity contribution in [2.45, 2.75) is 20.8 Å². The van der Waals surface area contributed by atoms with Gasteiger partial charge in [-0.25, -0.2) is 0 Å². The lowest BCUT2D eigenvalue weighted by atomic mass is 9.97. The zero-order valence-electron chi connectivity index (χ0n) is 11.6. The molecule has 2 rings (SSSR count). The quantitative estimate of drug-likeness (QED) is 0.594. The highest BCUT2D eigenvalue weighted by molar-refractivity contribution is 7.65. The average Bonchev–Trinajstić information content (AvgIpc) is 2.37. The fourth-order valence-electron chi connectivity index (χ4n) is 1.80. The van der Waals surface area contributed by atoms with Crippen LogP contribution in [0.1, 0.15) is 25.0 Å². The maximum absolute atomic E-state index is 12.8. The van der Waals surface area contributed by atoms with Crippen LogP contribution >= 0.6 is 7.60 Å². The second kappa shape index (κ2) is 5.11. The van der Waals surface area contributed by atoms with E-state index in [9.17, 15) is 4.57 Å². The van der Waals surface area contributed by atoms with E-state index in [-0.39, 0.29) is 5.41 Å². The van der Waals surface area contributed by atoms with Crippen molar-refractivity contribution in [2.75, 3.05) is 13.2 Å². The molecule has 0 saturated carbocycles. The van der Waals surface area contributed by atoms with Crippen LogP contribution in [0, 0.1) is 12.3 Å². The third kappa shape index (κ3) is 3.08. The van der Waals surface area contributed by atoms with Crippen molar-refractivity contribution in [1.29, 1.82) is 0 Å². The SMILES string of the molecule is C=C=C(c1ccc(C)cc1)P1(=O)OCC(C)(C)CO1. The first-order valence-electron chi connectivity index (χ1n) is 6.23. The van der Waals surface area contributed by atoms with Crippen LogP contribution in [0.5, 0.6) is 0 Å². The second-order valence-electron chi connectivity index (χ2n) is 5.60. The van der Waals surface area contributed by atoms with Crippen molar-refractivity contribution in [3.63, 3.8) is 0 Å². The smallest absolute Gasteiger partial charge is 0.304 e. The molecule has 0 amide bonds. The van der Waals surface area contributed by atoms with E-state index < -0.39 is 7.60 Å². The van der Waals surface area contributed by atoms with Crippen molar-refractivity contribution in [3.8, 4) is 0 Å². The molecule has 0 N–H and O–H groups in total.